The number of benzene rings is 1. The normalized spacial score (nSPS) is 9.95. The number of rotatable bonds is 2. The van der Waals surface area contributed by atoms with Gasteiger partial charge >= 0.3 is 0 Å². The minimum absolute atomic E-state index is 0.000357. The number of hydrogen-bond donors (Lipinski definition) is 0. The Balaban J connectivity index is 2.50. The summed E-state index contributed by atoms with van der Waals surface area (Å²) in [6.07, 6.45) is 0. The average molecular weight is 339 g/mol. The molecular formula is C12H5BrClN3O2. The Morgan fingerprint density at radius 3 is 2.53 bits per heavy atom. The predicted octanol–water partition coefficient (Wildman–Crippen LogP) is 3.94. The van der Waals surface area contributed by atoms with E-state index in [-0.39, 0.29) is 16.4 Å². The van der Waals surface area contributed by atoms with E-state index in [1.807, 2.05) is 6.07 Å². The van der Waals surface area contributed by atoms with Gasteiger partial charge in [0.25, 0.3) is 5.69 Å². The number of pyridine rings is 1. The molecule has 1 heterocycles. The summed E-state index contributed by atoms with van der Waals surface area (Å²) >= 11 is 9.17. The summed E-state index contributed by atoms with van der Waals surface area (Å²) in [7, 11) is 0. The van der Waals surface area contributed by atoms with Crippen molar-refractivity contribution in [1.29, 1.82) is 5.26 Å². The van der Waals surface area contributed by atoms with E-state index in [4.69, 9.17) is 16.9 Å². The van der Waals surface area contributed by atoms with Crippen molar-refractivity contribution in [3.63, 3.8) is 0 Å². The molecule has 0 unspecified atom stereocenters. The van der Waals surface area contributed by atoms with E-state index in [0.29, 0.717) is 15.7 Å². The fourth-order valence-corrected chi connectivity index (χ4v) is 2.22. The summed E-state index contributed by atoms with van der Waals surface area (Å²) in [5.41, 5.74) is 1.46. The minimum atomic E-state index is -0.474. The van der Waals surface area contributed by atoms with Gasteiger partial charge in [0, 0.05) is 22.2 Å². The first kappa shape index (κ1) is 13.5. The number of nitriles is 1. The van der Waals surface area contributed by atoms with Crippen LogP contribution >= 0.6 is 27.5 Å². The number of hydrogen-bond acceptors (Lipinski definition) is 4. The van der Waals surface area contributed by atoms with E-state index in [2.05, 4.69) is 20.9 Å². The van der Waals surface area contributed by atoms with E-state index < -0.39 is 4.92 Å². The number of nitro benzene ring substituents is 1. The Morgan fingerprint density at radius 2 is 2.00 bits per heavy atom. The van der Waals surface area contributed by atoms with Crippen molar-refractivity contribution in [3.8, 4) is 17.3 Å². The third-order valence-electron chi connectivity index (χ3n) is 2.40. The number of nitrogens with zero attached hydrogens (tertiary/aromatic N) is 3. The molecular weight excluding hydrogens is 334 g/mol. The second kappa shape index (κ2) is 5.34. The van der Waals surface area contributed by atoms with Gasteiger partial charge in [-0.05, 0) is 34.1 Å². The van der Waals surface area contributed by atoms with Crippen LogP contribution in [0.15, 0.2) is 34.8 Å². The highest BCUT2D eigenvalue weighted by Crippen LogP contribution is 2.30. The SMILES string of the molecule is N#Cc1cc(Br)c(-c2ccc([N+](=O)[O-])cc2)nc1Cl. The van der Waals surface area contributed by atoms with Crippen molar-refractivity contribution in [2.45, 2.75) is 0 Å². The molecule has 0 atom stereocenters. The lowest BCUT2D eigenvalue weighted by Gasteiger charge is -2.05. The first-order valence-electron chi connectivity index (χ1n) is 5.04. The smallest absolute Gasteiger partial charge is 0.258 e. The monoisotopic (exact) mass is 337 g/mol. The summed E-state index contributed by atoms with van der Waals surface area (Å²) in [4.78, 5) is 14.2. The molecule has 5 nitrogen and oxygen atoms in total. The molecule has 19 heavy (non-hydrogen) atoms. The van der Waals surface area contributed by atoms with Crippen molar-refractivity contribution >= 4 is 33.2 Å². The van der Waals surface area contributed by atoms with Crippen LogP contribution < -0.4 is 0 Å². The lowest BCUT2D eigenvalue weighted by Crippen LogP contribution is -1.91. The van der Waals surface area contributed by atoms with E-state index in [1.54, 1.807) is 18.2 Å². The van der Waals surface area contributed by atoms with Gasteiger partial charge < -0.3 is 0 Å². The minimum Gasteiger partial charge on any atom is -0.258 e. The summed E-state index contributed by atoms with van der Waals surface area (Å²) in [6.45, 7) is 0. The Bertz CT molecular complexity index is 695. The summed E-state index contributed by atoms with van der Waals surface area (Å²) in [6, 6.07) is 9.41. The number of non-ortho nitro benzene ring substituents is 1. The Labute approximate surface area is 121 Å². The molecule has 0 saturated carbocycles. The van der Waals surface area contributed by atoms with E-state index >= 15 is 0 Å². The highest BCUT2D eigenvalue weighted by Gasteiger charge is 2.12. The van der Waals surface area contributed by atoms with Crippen molar-refractivity contribution in [1.82, 2.24) is 4.98 Å². The lowest BCUT2D eigenvalue weighted by molar-refractivity contribution is -0.384. The van der Waals surface area contributed by atoms with Crippen LogP contribution in [-0.4, -0.2) is 9.91 Å². The molecule has 0 saturated heterocycles. The molecule has 0 N–H and O–H groups in total. The van der Waals surface area contributed by atoms with Crippen LogP contribution in [0.2, 0.25) is 5.15 Å². The maximum Gasteiger partial charge on any atom is 0.269 e. The van der Waals surface area contributed by atoms with Gasteiger partial charge in [-0.3, -0.25) is 10.1 Å². The number of halogens is 2. The molecule has 0 amide bonds. The Kier molecular flexibility index (Phi) is 3.79. The largest absolute Gasteiger partial charge is 0.269 e. The first-order valence-corrected chi connectivity index (χ1v) is 6.21. The first-order chi connectivity index (χ1) is 9.02. The second-order valence-electron chi connectivity index (χ2n) is 3.57. The predicted molar refractivity (Wildman–Crippen MR) is 73.8 cm³/mol. The lowest BCUT2D eigenvalue weighted by atomic mass is 10.1. The van der Waals surface area contributed by atoms with Crippen molar-refractivity contribution < 1.29 is 4.92 Å². The molecule has 0 spiro atoms. The summed E-state index contributed by atoms with van der Waals surface area (Å²) < 4.78 is 0.599. The quantitative estimate of drug-likeness (QED) is 0.472. The molecule has 2 rings (SSSR count). The zero-order chi connectivity index (χ0) is 14.0. The fraction of sp³-hybridized carbons (Fsp3) is 0. The summed E-state index contributed by atoms with van der Waals surface area (Å²) in [5, 5.41) is 19.5. The molecule has 1 aromatic carbocycles. The topological polar surface area (TPSA) is 79.8 Å². The molecule has 0 fully saturated rings. The highest BCUT2D eigenvalue weighted by molar-refractivity contribution is 9.10. The van der Waals surface area contributed by atoms with Gasteiger partial charge in [0.1, 0.15) is 11.2 Å². The molecule has 0 aliphatic rings. The van der Waals surface area contributed by atoms with Crippen LogP contribution in [0.4, 0.5) is 5.69 Å². The van der Waals surface area contributed by atoms with Crippen molar-refractivity contribution in [2.75, 3.05) is 0 Å². The molecule has 94 valence electrons. The van der Waals surface area contributed by atoms with Crippen molar-refractivity contribution in [3.05, 3.63) is 55.6 Å². The number of nitro groups is 1. The van der Waals surface area contributed by atoms with E-state index in [1.165, 1.54) is 12.1 Å². The third-order valence-corrected chi connectivity index (χ3v) is 3.29. The zero-order valence-electron chi connectivity index (χ0n) is 9.30. The van der Waals surface area contributed by atoms with Crippen LogP contribution in [0.25, 0.3) is 11.3 Å². The second-order valence-corrected chi connectivity index (χ2v) is 4.79. The van der Waals surface area contributed by atoms with Gasteiger partial charge in [-0.1, -0.05) is 11.6 Å². The van der Waals surface area contributed by atoms with Gasteiger partial charge in [0.2, 0.25) is 0 Å². The summed E-state index contributed by atoms with van der Waals surface area (Å²) in [5.74, 6) is 0. The van der Waals surface area contributed by atoms with E-state index in [0.717, 1.165) is 0 Å². The molecule has 1 aromatic heterocycles. The fourth-order valence-electron chi connectivity index (χ4n) is 1.49. The molecule has 2 aromatic rings. The van der Waals surface area contributed by atoms with Crippen LogP contribution in [0.3, 0.4) is 0 Å². The molecule has 0 radical (unpaired) electrons. The molecule has 7 heteroatoms. The zero-order valence-corrected chi connectivity index (χ0v) is 11.6. The Morgan fingerprint density at radius 1 is 1.37 bits per heavy atom. The standard InChI is InChI=1S/C12H5BrClN3O2/c13-10-5-8(6-15)12(14)16-11(10)7-1-3-9(4-2-7)17(18)19/h1-5H. The molecule has 0 aliphatic carbocycles. The molecule has 0 aliphatic heterocycles. The maximum absolute atomic E-state index is 10.6. The van der Waals surface area contributed by atoms with Crippen LogP contribution in [0, 0.1) is 21.4 Å². The van der Waals surface area contributed by atoms with Gasteiger partial charge in [-0.25, -0.2) is 4.98 Å². The van der Waals surface area contributed by atoms with Crippen LogP contribution in [0.1, 0.15) is 5.56 Å². The Hall–Kier alpha value is -1.97. The van der Waals surface area contributed by atoms with Gasteiger partial charge in [0.15, 0.2) is 0 Å². The van der Waals surface area contributed by atoms with Gasteiger partial charge in [0.05, 0.1) is 16.2 Å². The highest BCUT2D eigenvalue weighted by atomic mass is 79.9. The third kappa shape index (κ3) is 2.72. The maximum atomic E-state index is 10.6. The average Bonchev–Trinajstić information content (AvgIpc) is 2.41. The van der Waals surface area contributed by atoms with Gasteiger partial charge in [-0.2, -0.15) is 5.26 Å². The van der Waals surface area contributed by atoms with Crippen molar-refractivity contribution in [2.24, 2.45) is 0 Å². The van der Waals surface area contributed by atoms with Crippen LogP contribution in [0.5, 0.6) is 0 Å². The van der Waals surface area contributed by atoms with E-state index in [9.17, 15) is 10.1 Å². The number of aromatic nitrogens is 1. The van der Waals surface area contributed by atoms with Gasteiger partial charge in [-0.15, -0.1) is 0 Å². The van der Waals surface area contributed by atoms with Crippen LogP contribution in [-0.2, 0) is 0 Å². The molecule has 0 bridgehead atoms.